The number of hydrogen-bond donors (Lipinski definition) is 3. The number of imidazole rings is 1. The Morgan fingerprint density at radius 2 is 2.00 bits per heavy atom. The molecule has 5 N–H and O–H groups in total. The van der Waals surface area contributed by atoms with Crippen molar-refractivity contribution >= 4 is 33.5 Å². The zero-order valence-electron chi connectivity index (χ0n) is 13.2. The molecule has 0 atom stereocenters. The van der Waals surface area contributed by atoms with E-state index in [9.17, 15) is 9.18 Å². The number of carbonyl (C=O) groups excluding carboxylic acids is 1. The Bertz CT molecular complexity index is 1170. The second kappa shape index (κ2) is 5.23. The number of amides is 1. The molecule has 124 valence electrons. The highest BCUT2D eigenvalue weighted by Gasteiger charge is 2.18. The van der Waals surface area contributed by atoms with Crippen molar-refractivity contribution < 1.29 is 9.18 Å². The van der Waals surface area contributed by atoms with Crippen LogP contribution >= 0.6 is 0 Å². The molecule has 0 spiro atoms. The first-order valence-electron chi connectivity index (χ1n) is 7.45. The van der Waals surface area contributed by atoms with E-state index >= 15 is 0 Å². The number of nitrogens with one attached hydrogen (secondary N) is 1. The second-order valence-electron chi connectivity index (χ2n) is 5.74. The topological polar surface area (TPSA) is 124 Å². The second-order valence-corrected chi connectivity index (χ2v) is 5.74. The third-order valence-electron chi connectivity index (χ3n) is 4.18. The van der Waals surface area contributed by atoms with Gasteiger partial charge in [-0.2, -0.15) is 0 Å². The number of primary amides is 1. The van der Waals surface area contributed by atoms with Gasteiger partial charge in [-0.05, 0) is 30.2 Å². The van der Waals surface area contributed by atoms with E-state index in [2.05, 4.69) is 20.2 Å². The first kappa shape index (κ1) is 15.0. The minimum atomic E-state index is -0.751. The van der Waals surface area contributed by atoms with Crippen molar-refractivity contribution in [2.24, 2.45) is 5.73 Å². The number of aromatic nitrogens is 4. The Balaban J connectivity index is 2.07. The van der Waals surface area contributed by atoms with Crippen LogP contribution in [0.25, 0.3) is 33.1 Å². The highest BCUT2D eigenvalue weighted by molar-refractivity contribution is 6.08. The Morgan fingerprint density at radius 3 is 2.76 bits per heavy atom. The number of hydrogen-bond acceptors (Lipinski definition) is 5. The van der Waals surface area contributed by atoms with Crippen LogP contribution in [0.5, 0.6) is 0 Å². The van der Waals surface area contributed by atoms with Crippen LogP contribution in [0.15, 0.2) is 30.6 Å². The summed E-state index contributed by atoms with van der Waals surface area (Å²) < 4.78 is 14.3. The van der Waals surface area contributed by atoms with Crippen LogP contribution < -0.4 is 11.5 Å². The van der Waals surface area contributed by atoms with Crippen molar-refractivity contribution in [2.45, 2.75) is 6.92 Å². The summed E-state index contributed by atoms with van der Waals surface area (Å²) in [6.07, 6.45) is 1.43. The minimum Gasteiger partial charge on any atom is -0.396 e. The van der Waals surface area contributed by atoms with Crippen LogP contribution in [-0.4, -0.2) is 26.1 Å². The Hall–Kier alpha value is -3.55. The van der Waals surface area contributed by atoms with Crippen LogP contribution in [0.2, 0.25) is 0 Å². The molecule has 0 saturated carbocycles. The van der Waals surface area contributed by atoms with Crippen molar-refractivity contribution in [1.82, 2.24) is 20.2 Å². The number of benzene rings is 2. The van der Waals surface area contributed by atoms with E-state index in [1.165, 1.54) is 12.4 Å². The fraction of sp³-hybridized carbons (Fsp3) is 0.0588. The van der Waals surface area contributed by atoms with E-state index in [0.717, 1.165) is 5.56 Å². The molecule has 25 heavy (non-hydrogen) atoms. The van der Waals surface area contributed by atoms with E-state index in [4.69, 9.17) is 11.5 Å². The van der Waals surface area contributed by atoms with Gasteiger partial charge in [0, 0.05) is 10.9 Å². The van der Waals surface area contributed by atoms with Gasteiger partial charge in [0.25, 0.3) is 5.91 Å². The predicted molar refractivity (Wildman–Crippen MR) is 92.3 cm³/mol. The molecular formula is C17H13FN6O. The number of anilines is 1. The van der Waals surface area contributed by atoms with Gasteiger partial charge in [0.15, 0.2) is 11.5 Å². The van der Waals surface area contributed by atoms with E-state index < -0.39 is 11.7 Å². The molecular weight excluding hydrogens is 323 g/mol. The zero-order valence-corrected chi connectivity index (χ0v) is 13.2. The first-order chi connectivity index (χ1) is 12.0. The normalized spacial score (nSPS) is 11.3. The standard InChI is InChI=1S/C17H13FN6O/c1-7-2-3-9-13(19)16(17(20)25)24-23-14(9)12(7)8-4-10(18)15-11(5-8)21-6-22-15/h2-6H,1H3,(H2,19,23)(H2,20,25)(H,21,22). The van der Waals surface area contributed by atoms with Gasteiger partial charge in [-0.1, -0.05) is 12.1 Å². The van der Waals surface area contributed by atoms with Gasteiger partial charge in [0.2, 0.25) is 0 Å². The van der Waals surface area contributed by atoms with Crippen molar-refractivity contribution in [3.8, 4) is 11.1 Å². The van der Waals surface area contributed by atoms with E-state index in [-0.39, 0.29) is 16.9 Å². The molecule has 8 heteroatoms. The lowest BCUT2D eigenvalue weighted by Gasteiger charge is -2.12. The molecule has 0 unspecified atom stereocenters. The zero-order chi connectivity index (χ0) is 17.7. The summed E-state index contributed by atoms with van der Waals surface area (Å²) in [5.41, 5.74) is 14.8. The van der Waals surface area contributed by atoms with Crippen LogP contribution in [-0.2, 0) is 0 Å². The average molecular weight is 336 g/mol. The summed E-state index contributed by atoms with van der Waals surface area (Å²) in [5, 5.41) is 8.50. The van der Waals surface area contributed by atoms with Crippen molar-refractivity contribution in [3.05, 3.63) is 47.7 Å². The number of carbonyl (C=O) groups is 1. The average Bonchev–Trinajstić information content (AvgIpc) is 3.03. The van der Waals surface area contributed by atoms with Gasteiger partial charge in [-0.15, -0.1) is 10.2 Å². The molecule has 2 heterocycles. The number of nitrogen functional groups attached to an aromatic ring is 1. The number of nitrogens with zero attached hydrogens (tertiary/aromatic N) is 3. The molecule has 0 aliphatic heterocycles. The van der Waals surface area contributed by atoms with Crippen LogP contribution in [0.1, 0.15) is 16.1 Å². The van der Waals surface area contributed by atoms with E-state index in [1.54, 1.807) is 12.1 Å². The molecule has 4 aromatic rings. The SMILES string of the molecule is Cc1ccc2c(N)c(C(N)=O)nnc2c1-c1cc(F)c2nc[nH]c2c1. The smallest absolute Gasteiger partial charge is 0.271 e. The summed E-state index contributed by atoms with van der Waals surface area (Å²) in [4.78, 5) is 18.3. The first-order valence-corrected chi connectivity index (χ1v) is 7.45. The van der Waals surface area contributed by atoms with Crippen molar-refractivity contribution in [1.29, 1.82) is 0 Å². The molecule has 4 rings (SSSR count). The molecule has 0 radical (unpaired) electrons. The number of H-pyrrole nitrogens is 1. The third kappa shape index (κ3) is 2.18. The van der Waals surface area contributed by atoms with E-state index in [1.807, 2.05) is 13.0 Å². The van der Waals surface area contributed by atoms with Crippen LogP contribution in [0.3, 0.4) is 0 Å². The molecule has 0 saturated heterocycles. The molecule has 0 fully saturated rings. The van der Waals surface area contributed by atoms with Crippen molar-refractivity contribution in [3.63, 3.8) is 0 Å². The Labute approximate surface area is 140 Å². The number of aromatic amines is 1. The molecule has 0 aliphatic carbocycles. The summed E-state index contributed by atoms with van der Waals surface area (Å²) in [7, 11) is 0. The predicted octanol–water partition coefficient (Wildman–Crippen LogP) is 2.30. The molecule has 2 aromatic heterocycles. The lowest BCUT2D eigenvalue weighted by molar-refractivity contribution is 0.0996. The van der Waals surface area contributed by atoms with Crippen LogP contribution in [0, 0.1) is 12.7 Å². The van der Waals surface area contributed by atoms with Gasteiger partial charge < -0.3 is 16.5 Å². The van der Waals surface area contributed by atoms with Crippen molar-refractivity contribution in [2.75, 3.05) is 5.73 Å². The van der Waals surface area contributed by atoms with Gasteiger partial charge in [-0.3, -0.25) is 4.79 Å². The largest absolute Gasteiger partial charge is 0.396 e. The molecule has 7 nitrogen and oxygen atoms in total. The van der Waals surface area contributed by atoms with Gasteiger partial charge in [0.1, 0.15) is 11.0 Å². The maximum absolute atomic E-state index is 14.3. The summed E-state index contributed by atoms with van der Waals surface area (Å²) in [6.45, 7) is 1.88. The minimum absolute atomic E-state index is 0.0856. The Kier molecular flexibility index (Phi) is 3.14. The maximum atomic E-state index is 14.3. The number of fused-ring (bicyclic) bond motifs is 2. The summed E-state index contributed by atoms with van der Waals surface area (Å²) in [5.74, 6) is -1.20. The lowest BCUT2D eigenvalue weighted by atomic mass is 9.96. The molecule has 1 amide bonds. The number of rotatable bonds is 2. The monoisotopic (exact) mass is 336 g/mol. The van der Waals surface area contributed by atoms with Gasteiger partial charge >= 0.3 is 0 Å². The summed E-state index contributed by atoms with van der Waals surface area (Å²) >= 11 is 0. The quantitative estimate of drug-likeness (QED) is 0.518. The molecule has 0 bridgehead atoms. The fourth-order valence-electron chi connectivity index (χ4n) is 2.99. The third-order valence-corrected chi connectivity index (χ3v) is 4.18. The fourth-order valence-corrected chi connectivity index (χ4v) is 2.99. The van der Waals surface area contributed by atoms with Gasteiger partial charge in [0.05, 0.1) is 17.5 Å². The maximum Gasteiger partial charge on any atom is 0.271 e. The van der Waals surface area contributed by atoms with Gasteiger partial charge in [-0.25, -0.2) is 9.37 Å². The number of aryl methyl sites for hydroxylation is 1. The number of halogens is 1. The summed E-state index contributed by atoms with van der Waals surface area (Å²) in [6, 6.07) is 6.75. The van der Waals surface area contributed by atoms with Crippen LogP contribution in [0.4, 0.5) is 10.1 Å². The Morgan fingerprint density at radius 1 is 1.20 bits per heavy atom. The molecule has 0 aliphatic rings. The number of nitrogens with two attached hydrogens (primary N) is 2. The van der Waals surface area contributed by atoms with E-state index in [0.29, 0.717) is 27.5 Å². The highest BCUT2D eigenvalue weighted by atomic mass is 19.1. The molecule has 2 aromatic carbocycles. The lowest BCUT2D eigenvalue weighted by Crippen LogP contribution is -2.16. The highest BCUT2D eigenvalue weighted by Crippen LogP contribution is 2.35.